The van der Waals surface area contributed by atoms with Crippen LogP contribution in [0.25, 0.3) is 0 Å². The van der Waals surface area contributed by atoms with Crippen molar-refractivity contribution in [3.05, 3.63) is 0 Å². The van der Waals surface area contributed by atoms with E-state index in [9.17, 15) is 9.59 Å². The van der Waals surface area contributed by atoms with Crippen molar-refractivity contribution in [3.63, 3.8) is 0 Å². The van der Waals surface area contributed by atoms with Crippen molar-refractivity contribution < 1.29 is 14.7 Å². The lowest BCUT2D eigenvalue weighted by Gasteiger charge is -2.17. The third-order valence-corrected chi connectivity index (χ3v) is 3.73. The van der Waals surface area contributed by atoms with Crippen molar-refractivity contribution in [2.24, 2.45) is 5.92 Å². The first kappa shape index (κ1) is 14.7. The van der Waals surface area contributed by atoms with Gasteiger partial charge < -0.3 is 15.7 Å². The van der Waals surface area contributed by atoms with Crippen LogP contribution < -0.4 is 10.6 Å². The van der Waals surface area contributed by atoms with Gasteiger partial charge in [-0.3, -0.25) is 4.79 Å². The molecule has 0 aromatic heterocycles. The predicted molar refractivity (Wildman–Crippen MR) is 71.5 cm³/mol. The standard InChI is InChI=1S/C12H18N2O3S/c1-2-7-18-8-6-13-12(17)14-10-5-3-4-9(10)11(15)16/h1,9-10H,3-8H2,(H,15,16)(H2,13,14,17). The second kappa shape index (κ2) is 7.88. The highest BCUT2D eigenvalue weighted by Crippen LogP contribution is 2.25. The van der Waals surface area contributed by atoms with Crippen LogP contribution in [0.15, 0.2) is 0 Å². The topological polar surface area (TPSA) is 78.4 Å². The normalized spacial score (nSPS) is 22.2. The Morgan fingerprint density at radius 3 is 2.89 bits per heavy atom. The van der Waals surface area contributed by atoms with E-state index in [0.29, 0.717) is 18.7 Å². The zero-order chi connectivity index (χ0) is 13.4. The van der Waals surface area contributed by atoms with Crippen LogP contribution in [-0.2, 0) is 4.79 Å². The molecule has 6 heteroatoms. The van der Waals surface area contributed by atoms with Gasteiger partial charge in [0.2, 0.25) is 0 Å². The summed E-state index contributed by atoms with van der Waals surface area (Å²) >= 11 is 1.57. The van der Waals surface area contributed by atoms with Crippen LogP contribution in [0.5, 0.6) is 0 Å². The molecule has 0 saturated heterocycles. The van der Waals surface area contributed by atoms with E-state index in [2.05, 4.69) is 16.6 Å². The molecule has 2 amide bonds. The molecule has 1 aliphatic carbocycles. The minimum Gasteiger partial charge on any atom is -0.481 e. The van der Waals surface area contributed by atoms with Gasteiger partial charge in [0.25, 0.3) is 0 Å². The van der Waals surface area contributed by atoms with Crippen molar-refractivity contribution in [3.8, 4) is 12.3 Å². The SMILES string of the molecule is C#CCSCCNC(=O)NC1CCCC1C(=O)O. The second-order valence-electron chi connectivity index (χ2n) is 4.14. The number of carbonyl (C=O) groups is 2. The Kier molecular flexibility index (Phi) is 6.44. The van der Waals surface area contributed by atoms with Crippen LogP contribution in [0.3, 0.4) is 0 Å². The first-order valence-corrected chi connectivity index (χ1v) is 7.09. The summed E-state index contributed by atoms with van der Waals surface area (Å²) in [5.41, 5.74) is 0. The molecule has 1 rings (SSSR count). The summed E-state index contributed by atoms with van der Waals surface area (Å²) in [5.74, 6) is 2.61. The first-order valence-electron chi connectivity index (χ1n) is 5.93. The Bertz CT molecular complexity index is 341. The van der Waals surface area contributed by atoms with Gasteiger partial charge in [-0.25, -0.2) is 4.79 Å². The Balaban J connectivity index is 2.19. The van der Waals surface area contributed by atoms with E-state index in [1.54, 1.807) is 11.8 Å². The fraction of sp³-hybridized carbons (Fsp3) is 0.667. The maximum absolute atomic E-state index is 11.5. The molecule has 5 nitrogen and oxygen atoms in total. The lowest BCUT2D eigenvalue weighted by molar-refractivity contribution is -0.142. The quantitative estimate of drug-likeness (QED) is 0.495. The average Bonchev–Trinajstić information content (AvgIpc) is 2.77. The van der Waals surface area contributed by atoms with E-state index in [1.807, 2.05) is 0 Å². The van der Waals surface area contributed by atoms with Crippen LogP contribution in [0.4, 0.5) is 4.79 Å². The highest BCUT2D eigenvalue weighted by atomic mass is 32.2. The van der Waals surface area contributed by atoms with E-state index in [-0.39, 0.29) is 12.1 Å². The minimum atomic E-state index is -0.831. The maximum Gasteiger partial charge on any atom is 0.315 e. The van der Waals surface area contributed by atoms with Gasteiger partial charge >= 0.3 is 12.0 Å². The first-order chi connectivity index (χ1) is 8.65. The summed E-state index contributed by atoms with van der Waals surface area (Å²) in [6.45, 7) is 0.530. The fourth-order valence-electron chi connectivity index (χ4n) is 2.02. The molecule has 1 aliphatic rings. The van der Waals surface area contributed by atoms with Crippen molar-refractivity contribution >= 4 is 23.8 Å². The molecule has 0 spiro atoms. The number of aliphatic carboxylic acids is 1. The number of nitrogens with one attached hydrogen (secondary N) is 2. The van der Waals surface area contributed by atoms with Gasteiger partial charge in [0.15, 0.2) is 0 Å². The number of urea groups is 1. The van der Waals surface area contributed by atoms with Gasteiger partial charge in [-0.1, -0.05) is 12.3 Å². The fourth-order valence-corrected chi connectivity index (χ4v) is 2.52. The Morgan fingerprint density at radius 1 is 1.44 bits per heavy atom. The lowest BCUT2D eigenvalue weighted by Crippen LogP contribution is -2.45. The number of terminal acetylenes is 1. The number of carbonyl (C=O) groups excluding carboxylic acids is 1. The van der Waals surface area contributed by atoms with Crippen LogP contribution in [0.2, 0.25) is 0 Å². The lowest BCUT2D eigenvalue weighted by atomic mass is 10.0. The molecule has 3 N–H and O–H groups in total. The van der Waals surface area contributed by atoms with E-state index in [4.69, 9.17) is 11.5 Å². The predicted octanol–water partition coefficient (Wildman–Crippen LogP) is 0.905. The van der Waals surface area contributed by atoms with Crippen LogP contribution in [0.1, 0.15) is 19.3 Å². The van der Waals surface area contributed by atoms with E-state index in [1.165, 1.54) is 0 Å². The molecule has 0 aromatic carbocycles. The summed E-state index contributed by atoms with van der Waals surface area (Å²) in [4.78, 5) is 22.5. The largest absolute Gasteiger partial charge is 0.481 e. The molecular formula is C12H18N2O3S. The maximum atomic E-state index is 11.5. The highest BCUT2D eigenvalue weighted by Gasteiger charge is 2.33. The summed E-state index contributed by atoms with van der Waals surface area (Å²) < 4.78 is 0. The smallest absolute Gasteiger partial charge is 0.315 e. The number of hydrogen-bond donors (Lipinski definition) is 3. The summed E-state index contributed by atoms with van der Waals surface area (Å²) in [7, 11) is 0. The van der Waals surface area contributed by atoms with Gasteiger partial charge in [0, 0.05) is 18.3 Å². The monoisotopic (exact) mass is 270 g/mol. The molecule has 2 unspecified atom stereocenters. The summed E-state index contributed by atoms with van der Waals surface area (Å²) in [6, 6.07) is -0.546. The molecule has 18 heavy (non-hydrogen) atoms. The average molecular weight is 270 g/mol. The zero-order valence-electron chi connectivity index (χ0n) is 10.1. The van der Waals surface area contributed by atoms with Gasteiger partial charge in [-0.2, -0.15) is 0 Å². The molecule has 0 bridgehead atoms. The Morgan fingerprint density at radius 2 is 2.22 bits per heavy atom. The Labute approximate surface area is 111 Å². The molecule has 0 aromatic rings. The van der Waals surface area contributed by atoms with Gasteiger partial charge in [-0.15, -0.1) is 18.2 Å². The summed E-state index contributed by atoms with van der Waals surface area (Å²) in [5, 5.41) is 14.4. The summed E-state index contributed by atoms with van der Waals surface area (Å²) in [6.07, 6.45) is 7.31. The molecule has 1 saturated carbocycles. The third-order valence-electron chi connectivity index (χ3n) is 2.87. The van der Waals surface area contributed by atoms with Crippen molar-refractivity contribution in [2.45, 2.75) is 25.3 Å². The van der Waals surface area contributed by atoms with Crippen LogP contribution in [-0.4, -0.2) is 41.2 Å². The number of thioether (sulfide) groups is 1. The minimum absolute atomic E-state index is 0.249. The molecule has 0 radical (unpaired) electrons. The van der Waals surface area contributed by atoms with Crippen LogP contribution in [0, 0.1) is 18.3 Å². The highest BCUT2D eigenvalue weighted by molar-refractivity contribution is 7.99. The number of hydrogen-bond acceptors (Lipinski definition) is 3. The van der Waals surface area contributed by atoms with E-state index in [0.717, 1.165) is 18.6 Å². The number of carboxylic acid groups (broad SMARTS) is 1. The van der Waals surface area contributed by atoms with Crippen LogP contribution >= 0.6 is 11.8 Å². The molecular weight excluding hydrogens is 252 g/mol. The molecule has 1 fully saturated rings. The number of rotatable bonds is 6. The van der Waals surface area contributed by atoms with Gasteiger partial charge in [0.1, 0.15) is 0 Å². The van der Waals surface area contributed by atoms with Crippen molar-refractivity contribution in [1.29, 1.82) is 0 Å². The zero-order valence-corrected chi connectivity index (χ0v) is 11.0. The van der Waals surface area contributed by atoms with E-state index < -0.39 is 11.9 Å². The van der Waals surface area contributed by atoms with Crippen molar-refractivity contribution in [2.75, 3.05) is 18.1 Å². The van der Waals surface area contributed by atoms with E-state index >= 15 is 0 Å². The second-order valence-corrected chi connectivity index (χ2v) is 5.24. The number of carboxylic acids is 1. The molecule has 0 aliphatic heterocycles. The molecule has 100 valence electrons. The van der Waals surface area contributed by atoms with Crippen molar-refractivity contribution in [1.82, 2.24) is 10.6 Å². The van der Waals surface area contributed by atoms with Gasteiger partial charge in [-0.05, 0) is 12.8 Å². The third kappa shape index (κ3) is 4.88. The molecule has 2 atom stereocenters. The Hall–Kier alpha value is -1.35. The van der Waals surface area contributed by atoms with Gasteiger partial charge in [0.05, 0.1) is 11.7 Å². The number of amides is 2. The molecule has 0 heterocycles.